The van der Waals surface area contributed by atoms with Crippen LogP contribution in [-0.4, -0.2) is 19.6 Å². The Morgan fingerprint density at radius 1 is 1.18 bits per heavy atom. The number of quaternary nitrogens is 1. The number of hydrogen-bond acceptors (Lipinski definition) is 0. The second-order valence-corrected chi connectivity index (χ2v) is 3.79. The van der Waals surface area contributed by atoms with Gasteiger partial charge in [-0.05, 0) is 26.2 Å². The molecule has 0 aromatic heterocycles. The number of rotatable bonds is 5. The predicted molar refractivity (Wildman–Crippen MR) is 48.9 cm³/mol. The Bertz CT molecular complexity index is 93.0. The third-order valence-corrected chi connectivity index (χ3v) is 3.13. The zero-order chi connectivity index (χ0) is 8.10. The molecule has 0 atom stereocenters. The Morgan fingerprint density at radius 2 is 1.82 bits per heavy atom. The second kappa shape index (κ2) is 4.76. The van der Waals surface area contributed by atoms with Gasteiger partial charge in [0, 0.05) is 0 Å². The molecular weight excluding hydrogens is 134 g/mol. The van der Waals surface area contributed by atoms with Gasteiger partial charge in [0.15, 0.2) is 0 Å². The van der Waals surface area contributed by atoms with E-state index in [2.05, 4.69) is 13.8 Å². The lowest BCUT2D eigenvalue weighted by molar-refractivity contribution is -0.897. The standard InChI is InChI=1S/C10H21N/c1-3-11(4-2)9-8-10-6-5-7-10/h10H,3-9H2,1-2H3/p+1. The Morgan fingerprint density at radius 3 is 2.18 bits per heavy atom. The van der Waals surface area contributed by atoms with Crippen LogP contribution in [-0.2, 0) is 0 Å². The average Bonchev–Trinajstić information content (AvgIpc) is 1.95. The summed E-state index contributed by atoms with van der Waals surface area (Å²) in [4.78, 5) is 1.77. The fourth-order valence-corrected chi connectivity index (χ4v) is 1.79. The lowest BCUT2D eigenvalue weighted by Crippen LogP contribution is -3.11. The van der Waals surface area contributed by atoms with Gasteiger partial charge in [0.1, 0.15) is 0 Å². The third kappa shape index (κ3) is 2.82. The molecule has 11 heavy (non-hydrogen) atoms. The summed E-state index contributed by atoms with van der Waals surface area (Å²) < 4.78 is 0. The van der Waals surface area contributed by atoms with Crippen LogP contribution in [0.4, 0.5) is 0 Å². The van der Waals surface area contributed by atoms with Crippen LogP contribution in [0.25, 0.3) is 0 Å². The van der Waals surface area contributed by atoms with Gasteiger partial charge in [-0.1, -0.05) is 19.3 Å². The van der Waals surface area contributed by atoms with Gasteiger partial charge in [-0.3, -0.25) is 0 Å². The minimum atomic E-state index is 1.10. The van der Waals surface area contributed by atoms with Crippen LogP contribution in [0.3, 0.4) is 0 Å². The van der Waals surface area contributed by atoms with E-state index >= 15 is 0 Å². The zero-order valence-corrected chi connectivity index (χ0v) is 8.03. The van der Waals surface area contributed by atoms with Crippen molar-refractivity contribution < 1.29 is 4.90 Å². The van der Waals surface area contributed by atoms with Crippen molar-refractivity contribution in [3.8, 4) is 0 Å². The molecule has 0 aromatic carbocycles. The Balaban J connectivity index is 1.99. The highest BCUT2D eigenvalue weighted by Gasteiger charge is 2.18. The van der Waals surface area contributed by atoms with Gasteiger partial charge in [-0.15, -0.1) is 0 Å². The van der Waals surface area contributed by atoms with Gasteiger partial charge in [0.2, 0.25) is 0 Å². The molecule has 0 amide bonds. The Hall–Kier alpha value is -0.0400. The molecule has 66 valence electrons. The Kier molecular flexibility index (Phi) is 3.92. The first-order valence-corrected chi connectivity index (χ1v) is 5.20. The van der Waals surface area contributed by atoms with Crippen molar-refractivity contribution in [1.82, 2.24) is 0 Å². The van der Waals surface area contributed by atoms with E-state index in [1.165, 1.54) is 45.3 Å². The molecule has 0 radical (unpaired) electrons. The fraction of sp³-hybridized carbons (Fsp3) is 1.00. The summed E-state index contributed by atoms with van der Waals surface area (Å²) >= 11 is 0. The summed E-state index contributed by atoms with van der Waals surface area (Å²) in [6.45, 7) is 8.61. The van der Waals surface area contributed by atoms with Gasteiger partial charge in [-0.2, -0.15) is 0 Å². The molecule has 0 heterocycles. The van der Waals surface area contributed by atoms with E-state index in [1.807, 2.05) is 0 Å². The van der Waals surface area contributed by atoms with Crippen molar-refractivity contribution in [2.45, 2.75) is 39.5 Å². The molecule has 1 aliphatic rings. The highest BCUT2D eigenvalue weighted by atomic mass is 15.1. The molecule has 0 aromatic rings. The lowest BCUT2D eigenvalue weighted by Gasteiger charge is -2.26. The summed E-state index contributed by atoms with van der Waals surface area (Å²) in [6, 6.07) is 0. The van der Waals surface area contributed by atoms with Crippen LogP contribution < -0.4 is 4.90 Å². The van der Waals surface area contributed by atoms with Gasteiger partial charge < -0.3 is 4.90 Å². The molecule has 0 saturated heterocycles. The lowest BCUT2D eigenvalue weighted by atomic mass is 9.83. The zero-order valence-electron chi connectivity index (χ0n) is 8.03. The van der Waals surface area contributed by atoms with Gasteiger partial charge in [-0.25, -0.2) is 0 Å². The molecule has 1 saturated carbocycles. The molecule has 0 unspecified atom stereocenters. The molecule has 1 heteroatoms. The fourth-order valence-electron chi connectivity index (χ4n) is 1.79. The second-order valence-electron chi connectivity index (χ2n) is 3.79. The molecule has 0 aliphatic heterocycles. The van der Waals surface area contributed by atoms with E-state index in [0.29, 0.717) is 0 Å². The first-order valence-electron chi connectivity index (χ1n) is 5.20. The van der Waals surface area contributed by atoms with Crippen LogP contribution in [0, 0.1) is 5.92 Å². The molecule has 0 bridgehead atoms. The molecule has 1 aliphatic carbocycles. The average molecular weight is 156 g/mol. The minimum absolute atomic E-state index is 1.10. The number of nitrogens with one attached hydrogen (secondary N) is 1. The van der Waals surface area contributed by atoms with E-state index in [9.17, 15) is 0 Å². The highest BCUT2D eigenvalue weighted by Crippen LogP contribution is 2.28. The van der Waals surface area contributed by atoms with Crippen LogP contribution >= 0.6 is 0 Å². The maximum absolute atomic E-state index is 2.29. The van der Waals surface area contributed by atoms with E-state index in [1.54, 1.807) is 4.90 Å². The molecule has 1 nitrogen and oxygen atoms in total. The van der Waals surface area contributed by atoms with Gasteiger partial charge in [0.05, 0.1) is 19.6 Å². The third-order valence-electron chi connectivity index (χ3n) is 3.13. The van der Waals surface area contributed by atoms with E-state index in [0.717, 1.165) is 5.92 Å². The van der Waals surface area contributed by atoms with Crippen molar-refractivity contribution in [2.24, 2.45) is 5.92 Å². The summed E-state index contributed by atoms with van der Waals surface area (Å²) in [5, 5.41) is 0. The summed E-state index contributed by atoms with van der Waals surface area (Å²) in [7, 11) is 0. The SMILES string of the molecule is CC[NH+](CC)CCC1CCC1. The molecule has 0 spiro atoms. The van der Waals surface area contributed by atoms with Crippen LogP contribution in [0.1, 0.15) is 39.5 Å². The first-order chi connectivity index (χ1) is 5.36. The maximum atomic E-state index is 2.29. The highest BCUT2D eigenvalue weighted by molar-refractivity contribution is 4.68. The van der Waals surface area contributed by atoms with Crippen molar-refractivity contribution in [3.05, 3.63) is 0 Å². The van der Waals surface area contributed by atoms with Crippen molar-refractivity contribution in [2.75, 3.05) is 19.6 Å². The molecule has 1 fully saturated rings. The normalized spacial score (nSPS) is 18.8. The maximum Gasteiger partial charge on any atom is 0.0773 e. The predicted octanol–water partition coefficient (Wildman–Crippen LogP) is 1.10. The molecular formula is C10H22N+. The monoisotopic (exact) mass is 156 g/mol. The van der Waals surface area contributed by atoms with Crippen molar-refractivity contribution in [1.29, 1.82) is 0 Å². The summed E-state index contributed by atoms with van der Waals surface area (Å²) in [5.74, 6) is 1.10. The largest absolute Gasteiger partial charge is 0.335 e. The minimum Gasteiger partial charge on any atom is -0.335 e. The van der Waals surface area contributed by atoms with Crippen molar-refractivity contribution in [3.63, 3.8) is 0 Å². The Labute approximate surface area is 70.8 Å². The van der Waals surface area contributed by atoms with Gasteiger partial charge >= 0.3 is 0 Å². The summed E-state index contributed by atoms with van der Waals surface area (Å²) in [6.07, 6.45) is 6.01. The number of hydrogen-bond donors (Lipinski definition) is 1. The quantitative estimate of drug-likeness (QED) is 0.608. The van der Waals surface area contributed by atoms with E-state index in [4.69, 9.17) is 0 Å². The smallest absolute Gasteiger partial charge is 0.0773 e. The van der Waals surface area contributed by atoms with Crippen LogP contribution in [0.15, 0.2) is 0 Å². The topological polar surface area (TPSA) is 4.44 Å². The van der Waals surface area contributed by atoms with Crippen LogP contribution in [0.2, 0.25) is 0 Å². The van der Waals surface area contributed by atoms with E-state index in [-0.39, 0.29) is 0 Å². The first kappa shape index (κ1) is 9.05. The molecule has 1 rings (SSSR count). The van der Waals surface area contributed by atoms with Crippen molar-refractivity contribution >= 4 is 0 Å². The van der Waals surface area contributed by atoms with E-state index < -0.39 is 0 Å². The van der Waals surface area contributed by atoms with Crippen LogP contribution in [0.5, 0.6) is 0 Å². The van der Waals surface area contributed by atoms with Gasteiger partial charge in [0.25, 0.3) is 0 Å². The summed E-state index contributed by atoms with van der Waals surface area (Å²) in [5.41, 5.74) is 0. The molecule has 1 N–H and O–H groups in total.